The number of benzene rings is 3. The minimum absolute atomic E-state index is 0. The lowest BCUT2D eigenvalue weighted by Crippen LogP contribution is -2.20. The number of hydrogen-bond donors (Lipinski definition) is 2. The zero-order chi connectivity index (χ0) is 23.7. The Bertz CT molecular complexity index is 1400. The van der Waals surface area contributed by atoms with Crippen molar-refractivity contribution in [2.24, 2.45) is 0 Å². The van der Waals surface area contributed by atoms with Crippen molar-refractivity contribution in [3.8, 4) is 5.75 Å². The van der Waals surface area contributed by atoms with E-state index in [-0.39, 0.29) is 30.3 Å². The monoisotopic (exact) mass is 527 g/mol. The molecule has 7 nitrogen and oxygen atoms in total. The van der Waals surface area contributed by atoms with Crippen molar-refractivity contribution in [1.82, 2.24) is 14.8 Å². The molecule has 5 rings (SSSR count). The van der Waals surface area contributed by atoms with Crippen LogP contribution in [0.5, 0.6) is 5.75 Å². The first-order valence-corrected chi connectivity index (χ1v) is 11.2. The maximum absolute atomic E-state index is 12.8. The third kappa shape index (κ3) is 5.12. The highest BCUT2D eigenvalue weighted by atomic mass is 35.5. The van der Waals surface area contributed by atoms with Gasteiger partial charge in [-0.25, -0.2) is 4.68 Å². The number of carbonyl (C=O) groups is 1. The van der Waals surface area contributed by atoms with Gasteiger partial charge in [0.05, 0.1) is 7.11 Å². The maximum Gasteiger partial charge on any atom is 0.258 e. The van der Waals surface area contributed by atoms with Gasteiger partial charge in [0.2, 0.25) is 5.95 Å². The lowest BCUT2D eigenvalue weighted by atomic mass is 10.0. The number of nitrogens with one attached hydrogen (secondary N) is 2. The Kier molecular flexibility index (Phi) is 7.31. The molecule has 178 valence electrons. The molecule has 4 aromatic rings. The molecule has 0 fully saturated rings. The van der Waals surface area contributed by atoms with Gasteiger partial charge in [-0.1, -0.05) is 59.6 Å². The van der Waals surface area contributed by atoms with Gasteiger partial charge in [-0.15, -0.1) is 17.5 Å². The van der Waals surface area contributed by atoms with Crippen LogP contribution in [-0.4, -0.2) is 27.8 Å². The van der Waals surface area contributed by atoms with Gasteiger partial charge in [0.15, 0.2) is 0 Å². The third-order valence-electron chi connectivity index (χ3n) is 5.40. The number of carbonyl (C=O) groups excluding carboxylic acids is 1. The van der Waals surface area contributed by atoms with Crippen LogP contribution in [0, 0.1) is 0 Å². The van der Waals surface area contributed by atoms with Crippen LogP contribution in [-0.2, 0) is 0 Å². The number of amides is 1. The fraction of sp³-hybridized carbons (Fsp3) is 0.0800. The first-order chi connectivity index (χ1) is 16.5. The number of methoxy groups -OCH3 is 1. The van der Waals surface area contributed by atoms with E-state index in [0.29, 0.717) is 27.3 Å². The number of aromatic nitrogens is 3. The molecular weight excluding hydrogens is 509 g/mol. The zero-order valence-corrected chi connectivity index (χ0v) is 20.7. The molecule has 1 unspecified atom stereocenters. The van der Waals surface area contributed by atoms with Gasteiger partial charge in [0.1, 0.15) is 11.8 Å². The van der Waals surface area contributed by atoms with Gasteiger partial charge in [-0.3, -0.25) is 10.1 Å². The van der Waals surface area contributed by atoms with Crippen LogP contribution in [0.3, 0.4) is 0 Å². The highest BCUT2D eigenvalue weighted by molar-refractivity contribution is 6.31. The molecule has 0 aliphatic carbocycles. The lowest BCUT2D eigenvalue weighted by Gasteiger charge is -2.24. The largest absolute Gasteiger partial charge is 0.497 e. The normalized spacial score (nSPS) is 14.1. The summed E-state index contributed by atoms with van der Waals surface area (Å²) in [7, 11) is 1.55. The Morgan fingerprint density at radius 3 is 2.57 bits per heavy atom. The molecule has 0 spiro atoms. The fourth-order valence-electron chi connectivity index (χ4n) is 3.72. The molecule has 10 heteroatoms. The molecule has 1 aromatic heterocycles. The molecule has 0 saturated carbocycles. The highest BCUT2D eigenvalue weighted by Crippen LogP contribution is 2.36. The van der Waals surface area contributed by atoms with E-state index in [1.54, 1.807) is 36.1 Å². The van der Waals surface area contributed by atoms with E-state index >= 15 is 0 Å². The Hall–Kier alpha value is -3.52. The Morgan fingerprint density at radius 1 is 1.06 bits per heavy atom. The van der Waals surface area contributed by atoms with Crippen LogP contribution in [0.4, 0.5) is 11.9 Å². The van der Waals surface area contributed by atoms with Gasteiger partial charge in [0, 0.05) is 21.3 Å². The van der Waals surface area contributed by atoms with E-state index < -0.39 is 0 Å². The summed E-state index contributed by atoms with van der Waals surface area (Å²) in [5, 5.41) is 11.9. The molecule has 2 N–H and O–H groups in total. The molecule has 1 amide bonds. The summed E-state index contributed by atoms with van der Waals surface area (Å²) in [5.74, 6) is 0.875. The van der Waals surface area contributed by atoms with E-state index in [0.717, 1.165) is 16.8 Å². The Balaban J connectivity index is 0.00000289. The lowest BCUT2D eigenvalue weighted by molar-refractivity contribution is 0.102. The smallest absolute Gasteiger partial charge is 0.258 e. The van der Waals surface area contributed by atoms with Crippen LogP contribution in [0.25, 0.3) is 5.70 Å². The number of anilines is 2. The maximum atomic E-state index is 12.8. The summed E-state index contributed by atoms with van der Waals surface area (Å²) in [6.07, 6.45) is 2.01. The molecule has 35 heavy (non-hydrogen) atoms. The average molecular weight is 529 g/mol. The summed E-state index contributed by atoms with van der Waals surface area (Å²) in [4.78, 5) is 17.3. The number of allylic oxidation sites excluding steroid dienone is 1. The van der Waals surface area contributed by atoms with Crippen molar-refractivity contribution in [2.75, 3.05) is 17.7 Å². The molecule has 1 aliphatic heterocycles. The van der Waals surface area contributed by atoms with Crippen LogP contribution in [0.1, 0.15) is 27.5 Å². The van der Waals surface area contributed by atoms with Gasteiger partial charge in [-0.2, -0.15) is 4.98 Å². The number of halogens is 3. The molecule has 0 saturated heterocycles. The third-order valence-corrected chi connectivity index (χ3v) is 6.00. The van der Waals surface area contributed by atoms with Crippen LogP contribution in [0.2, 0.25) is 10.0 Å². The van der Waals surface area contributed by atoms with Gasteiger partial charge < -0.3 is 10.1 Å². The quantitative estimate of drug-likeness (QED) is 0.317. The predicted molar refractivity (Wildman–Crippen MR) is 141 cm³/mol. The van der Waals surface area contributed by atoms with E-state index in [2.05, 4.69) is 20.7 Å². The number of ether oxygens (including phenoxy) is 1. The SMILES string of the molecule is COc1cccc(C(=O)Nc2nc3n(n2)C(c2ccccc2Cl)C=C(c2ccc(Cl)cc2)N3)c1.Cl. The summed E-state index contributed by atoms with van der Waals surface area (Å²) in [6, 6.07) is 21.6. The first-order valence-electron chi connectivity index (χ1n) is 10.4. The second-order valence-corrected chi connectivity index (χ2v) is 8.41. The minimum Gasteiger partial charge on any atom is -0.497 e. The van der Waals surface area contributed by atoms with Crippen molar-refractivity contribution >= 4 is 59.1 Å². The average Bonchev–Trinajstić information content (AvgIpc) is 3.26. The van der Waals surface area contributed by atoms with Crippen LogP contribution in [0.15, 0.2) is 78.9 Å². The van der Waals surface area contributed by atoms with Crippen LogP contribution >= 0.6 is 35.6 Å². The first kappa shape index (κ1) is 24.6. The Labute approximate surface area is 218 Å². The van der Waals surface area contributed by atoms with E-state index in [4.69, 9.17) is 27.9 Å². The minimum atomic E-state index is -0.345. The number of hydrogen-bond acceptors (Lipinski definition) is 5. The molecule has 2 heterocycles. The van der Waals surface area contributed by atoms with Crippen molar-refractivity contribution in [3.05, 3.63) is 106 Å². The van der Waals surface area contributed by atoms with Crippen molar-refractivity contribution < 1.29 is 9.53 Å². The van der Waals surface area contributed by atoms with Gasteiger partial charge >= 0.3 is 0 Å². The van der Waals surface area contributed by atoms with E-state index in [1.807, 2.05) is 54.6 Å². The van der Waals surface area contributed by atoms with E-state index in [9.17, 15) is 4.79 Å². The highest BCUT2D eigenvalue weighted by Gasteiger charge is 2.27. The van der Waals surface area contributed by atoms with Gasteiger partial charge in [-0.05, 0) is 53.6 Å². The summed E-state index contributed by atoms with van der Waals surface area (Å²) < 4.78 is 6.90. The fourth-order valence-corrected chi connectivity index (χ4v) is 4.09. The zero-order valence-electron chi connectivity index (χ0n) is 18.4. The number of rotatable bonds is 5. The second-order valence-electron chi connectivity index (χ2n) is 7.57. The predicted octanol–water partition coefficient (Wildman–Crippen LogP) is 6.32. The van der Waals surface area contributed by atoms with Crippen molar-refractivity contribution in [3.63, 3.8) is 0 Å². The van der Waals surface area contributed by atoms with Crippen molar-refractivity contribution in [1.29, 1.82) is 0 Å². The van der Waals surface area contributed by atoms with Crippen LogP contribution < -0.4 is 15.4 Å². The molecular formula is C25H20Cl3N5O2. The topological polar surface area (TPSA) is 81.1 Å². The summed E-state index contributed by atoms with van der Waals surface area (Å²) >= 11 is 12.6. The summed E-state index contributed by atoms with van der Waals surface area (Å²) in [6.45, 7) is 0. The number of nitrogens with zero attached hydrogens (tertiary/aromatic N) is 3. The molecule has 1 atom stereocenters. The molecule has 0 bridgehead atoms. The summed E-state index contributed by atoms with van der Waals surface area (Å²) in [5.41, 5.74) is 3.04. The second kappa shape index (κ2) is 10.4. The van der Waals surface area contributed by atoms with Gasteiger partial charge in [0.25, 0.3) is 11.9 Å². The molecule has 0 radical (unpaired) electrons. The number of fused-ring (bicyclic) bond motifs is 1. The molecule has 3 aromatic carbocycles. The Morgan fingerprint density at radius 2 is 1.83 bits per heavy atom. The van der Waals surface area contributed by atoms with E-state index in [1.165, 1.54) is 0 Å². The van der Waals surface area contributed by atoms with Crippen molar-refractivity contribution in [2.45, 2.75) is 6.04 Å². The standard InChI is InChI=1S/C25H19Cl2N5O2.ClH/c1-34-18-6-4-5-16(13-18)23(33)29-24-30-25-28-21(15-9-11-17(26)12-10-15)14-22(32(25)31-24)19-7-2-3-8-20(19)27;/h2-14,22H,1H3,(H2,28,29,30,31,33);1H. The molecule has 1 aliphatic rings.